The van der Waals surface area contributed by atoms with Gasteiger partial charge in [-0.1, -0.05) is 5.16 Å². The van der Waals surface area contributed by atoms with Crippen LogP contribution in [0, 0.1) is 0 Å². The third-order valence-corrected chi connectivity index (χ3v) is 6.88. The van der Waals surface area contributed by atoms with Gasteiger partial charge in [-0.15, -0.1) is 23.1 Å². The van der Waals surface area contributed by atoms with E-state index < -0.39 is 66.2 Å². The van der Waals surface area contributed by atoms with E-state index in [0.29, 0.717) is 0 Å². The van der Waals surface area contributed by atoms with Crippen LogP contribution in [0.2, 0.25) is 0 Å². The molecule has 1 aromatic heterocycles. The second-order valence-electron chi connectivity index (χ2n) is 7.95. The van der Waals surface area contributed by atoms with Crippen LogP contribution in [0.4, 0.5) is 14.7 Å². The van der Waals surface area contributed by atoms with Crippen molar-refractivity contribution in [3.63, 3.8) is 0 Å². The topological polar surface area (TPSA) is 235 Å². The molecule has 0 aliphatic carbocycles. The molecule has 6 N–H and O–H groups in total. The fourth-order valence-electron chi connectivity index (χ4n) is 3.35. The third-order valence-electron chi connectivity index (χ3n) is 4.86. The molecule has 1 aromatic rings. The normalized spacial score (nSPS) is 19.7. The van der Waals surface area contributed by atoms with E-state index in [1.165, 1.54) is 12.3 Å². The maximum Gasteiger partial charge on any atom is 0.511 e. The van der Waals surface area contributed by atoms with Gasteiger partial charge in [0.05, 0.1) is 6.10 Å². The Balaban J connectivity index is 1.76. The summed E-state index contributed by atoms with van der Waals surface area (Å²) >= 11 is 2.17. The largest absolute Gasteiger partial charge is 0.511 e. The zero-order valence-corrected chi connectivity index (χ0v) is 21.9. The number of hydrogen-bond acceptors (Lipinski definition) is 15. The summed E-state index contributed by atoms with van der Waals surface area (Å²) in [4.78, 5) is 66.5. The Morgan fingerprint density at radius 1 is 1.26 bits per heavy atom. The maximum absolute atomic E-state index is 13.0. The zero-order chi connectivity index (χ0) is 28.1. The molecule has 2 aliphatic heterocycles. The molecule has 3 unspecified atom stereocenters. The fraction of sp³-hybridized carbons (Fsp3) is 0.450. The first kappa shape index (κ1) is 28.5. The molecule has 0 bridgehead atoms. The average Bonchev–Trinajstić information content (AvgIpc) is 3.25. The number of carbonyl (C=O) groups is 5. The van der Waals surface area contributed by atoms with Gasteiger partial charge in [-0.2, -0.15) is 0 Å². The van der Waals surface area contributed by atoms with Gasteiger partial charge in [-0.05, 0) is 13.8 Å². The van der Waals surface area contributed by atoms with E-state index in [2.05, 4.69) is 15.5 Å². The van der Waals surface area contributed by atoms with Crippen LogP contribution in [-0.4, -0.2) is 87.0 Å². The molecule has 1 fully saturated rings. The molecule has 0 aromatic carbocycles. The molecule has 0 saturated carbocycles. The summed E-state index contributed by atoms with van der Waals surface area (Å²) in [5.41, 5.74) is 10.1. The molecule has 0 radical (unpaired) electrons. The number of carbonyl (C=O) groups excluding carboxylic acids is 5. The summed E-state index contributed by atoms with van der Waals surface area (Å²) in [6, 6.07) is -1.11. The molecule has 3 rings (SSSR count). The van der Waals surface area contributed by atoms with Gasteiger partial charge >= 0.3 is 18.2 Å². The first-order valence-electron chi connectivity index (χ1n) is 10.8. The van der Waals surface area contributed by atoms with Crippen LogP contribution in [-0.2, 0) is 33.3 Å². The quantitative estimate of drug-likeness (QED) is 0.0585. The van der Waals surface area contributed by atoms with E-state index in [9.17, 15) is 29.2 Å². The lowest BCUT2D eigenvalue weighted by molar-refractivity contribution is -0.169. The number of β-lactam (4-membered cyclic amide) rings is 1. The SMILES string of the molecule is CC(C)OC(=O)OC(C)OC(=O)C1=C(COC(N)=O)CSC2C(NC(=O)/C(=N\O)c3csc(N)n3)C(=O)N12. The minimum Gasteiger partial charge on any atom is -0.445 e. The molecule has 1 saturated heterocycles. The van der Waals surface area contributed by atoms with Gasteiger partial charge in [0.15, 0.2) is 10.8 Å². The predicted octanol–water partition coefficient (Wildman–Crippen LogP) is 0.104. The van der Waals surface area contributed by atoms with Crippen molar-refractivity contribution in [2.75, 3.05) is 18.1 Å². The molecule has 16 nitrogen and oxygen atoms in total. The first-order valence-corrected chi connectivity index (χ1v) is 12.8. The van der Waals surface area contributed by atoms with Gasteiger partial charge in [0.1, 0.15) is 29.4 Å². The van der Waals surface area contributed by atoms with Crippen molar-refractivity contribution < 1.29 is 48.1 Å². The molecular formula is C20H24N6O10S2. The highest BCUT2D eigenvalue weighted by Crippen LogP contribution is 2.41. The van der Waals surface area contributed by atoms with Crippen LogP contribution >= 0.6 is 23.1 Å². The number of thioether (sulfide) groups is 1. The summed E-state index contributed by atoms with van der Waals surface area (Å²) in [5.74, 6) is -2.58. The van der Waals surface area contributed by atoms with Crippen LogP contribution < -0.4 is 16.8 Å². The van der Waals surface area contributed by atoms with E-state index in [4.69, 9.17) is 30.4 Å². The van der Waals surface area contributed by atoms with Gasteiger partial charge in [0.2, 0.25) is 6.29 Å². The number of thiazole rings is 1. The Bertz CT molecular complexity index is 1200. The summed E-state index contributed by atoms with van der Waals surface area (Å²) in [6.07, 6.45) is -4.05. The van der Waals surface area contributed by atoms with Crippen molar-refractivity contribution in [2.45, 2.75) is 44.6 Å². The summed E-state index contributed by atoms with van der Waals surface area (Å²) in [7, 11) is 0. The van der Waals surface area contributed by atoms with Crippen molar-refractivity contribution in [2.24, 2.45) is 10.9 Å². The number of primary amides is 1. The van der Waals surface area contributed by atoms with Crippen molar-refractivity contribution in [1.82, 2.24) is 15.2 Å². The summed E-state index contributed by atoms with van der Waals surface area (Å²) in [5, 5.41) is 15.5. The number of oxime groups is 1. The Morgan fingerprint density at radius 3 is 2.55 bits per heavy atom. The van der Waals surface area contributed by atoms with Crippen LogP contribution in [0.25, 0.3) is 0 Å². The molecule has 18 heteroatoms. The van der Waals surface area contributed by atoms with E-state index >= 15 is 0 Å². The second kappa shape index (κ2) is 12.0. The smallest absolute Gasteiger partial charge is 0.445 e. The number of esters is 1. The lowest BCUT2D eigenvalue weighted by atomic mass is 10.0. The molecule has 0 spiro atoms. The van der Waals surface area contributed by atoms with Crippen molar-refractivity contribution in [3.8, 4) is 0 Å². The Labute approximate surface area is 223 Å². The van der Waals surface area contributed by atoms with E-state index in [1.807, 2.05) is 0 Å². The van der Waals surface area contributed by atoms with E-state index in [0.717, 1.165) is 28.0 Å². The number of aromatic nitrogens is 1. The number of nitrogens with two attached hydrogens (primary N) is 2. The average molecular weight is 573 g/mol. The van der Waals surface area contributed by atoms with Gasteiger partial charge in [0.25, 0.3) is 11.8 Å². The molecule has 3 atom stereocenters. The highest BCUT2D eigenvalue weighted by Gasteiger charge is 2.55. The maximum atomic E-state index is 13.0. The number of nitrogens with one attached hydrogen (secondary N) is 1. The molecule has 38 heavy (non-hydrogen) atoms. The van der Waals surface area contributed by atoms with Crippen LogP contribution in [0.3, 0.4) is 0 Å². The fourth-order valence-corrected chi connectivity index (χ4v) is 5.22. The van der Waals surface area contributed by atoms with Crippen molar-refractivity contribution in [3.05, 3.63) is 22.3 Å². The first-order chi connectivity index (χ1) is 17.9. The van der Waals surface area contributed by atoms with Crippen LogP contribution in [0.1, 0.15) is 26.5 Å². The Kier molecular flexibility index (Phi) is 9.00. The monoisotopic (exact) mass is 572 g/mol. The lowest BCUT2D eigenvalue weighted by Gasteiger charge is -2.49. The van der Waals surface area contributed by atoms with Crippen molar-refractivity contribution >= 4 is 64.0 Å². The zero-order valence-electron chi connectivity index (χ0n) is 20.2. The molecule has 3 amide bonds. The van der Waals surface area contributed by atoms with Gasteiger partial charge in [-0.25, -0.2) is 19.4 Å². The Morgan fingerprint density at radius 2 is 1.97 bits per heavy atom. The number of nitrogen functional groups attached to an aromatic ring is 1. The predicted molar refractivity (Wildman–Crippen MR) is 131 cm³/mol. The molecule has 206 valence electrons. The minimum absolute atomic E-state index is 0.00690. The Hall–Kier alpha value is -4.06. The summed E-state index contributed by atoms with van der Waals surface area (Å²) < 4.78 is 19.7. The van der Waals surface area contributed by atoms with E-state index in [1.54, 1.807) is 13.8 Å². The molecular weight excluding hydrogens is 548 g/mol. The highest BCUT2D eigenvalue weighted by atomic mass is 32.2. The number of nitrogens with zero attached hydrogens (tertiary/aromatic N) is 3. The summed E-state index contributed by atoms with van der Waals surface area (Å²) in [6.45, 7) is 4.04. The minimum atomic E-state index is -1.40. The number of ether oxygens (including phenoxy) is 4. The van der Waals surface area contributed by atoms with E-state index in [-0.39, 0.29) is 27.8 Å². The highest BCUT2D eigenvalue weighted by molar-refractivity contribution is 8.00. The number of amides is 3. The lowest BCUT2D eigenvalue weighted by Crippen LogP contribution is -2.71. The van der Waals surface area contributed by atoms with Gasteiger partial charge < -0.3 is 40.9 Å². The number of anilines is 1. The van der Waals surface area contributed by atoms with Gasteiger partial charge in [0, 0.05) is 23.6 Å². The second-order valence-corrected chi connectivity index (χ2v) is 9.94. The van der Waals surface area contributed by atoms with Gasteiger partial charge in [-0.3, -0.25) is 14.5 Å². The molecule has 3 heterocycles. The van der Waals surface area contributed by atoms with Crippen LogP contribution in [0.15, 0.2) is 21.8 Å². The third kappa shape index (κ3) is 6.43. The standard InChI is InChI=1S/C20H24N6O10S2/c1-7(2)34-20(31)36-8(3)35-17(29)13-9(4-33-19(22)30)5-37-16-12(15(28)26(13)16)24-14(27)11(25-32)10-6-38-18(21)23-10/h6-8,12,16,32H,4-5H2,1-3H3,(H2,21,23)(H2,22,30)(H,24,27)/b25-11-. The number of fused-ring (bicyclic) bond motifs is 1. The van der Waals surface area contributed by atoms with Crippen molar-refractivity contribution in [1.29, 1.82) is 0 Å². The van der Waals surface area contributed by atoms with Crippen LogP contribution in [0.5, 0.6) is 0 Å². The molecule has 2 aliphatic rings. The number of hydrogen-bond donors (Lipinski definition) is 4. The number of rotatable bonds is 9.